The van der Waals surface area contributed by atoms with Gasteiger partial charge in [-0.25, -0.2) is 8.42 Å². The number of anilines is 1. The average molecular weight is 651 g/mol. The lowest BCUT2D eigenvalue weighted by atomic mass is 10.1. The van der Waals surface area contributed by atoms with Crippen molar-refractivity contribution in [3.8, 4) is 11.5 Å². The van der Waals surface area contributed by atoms with Crippen LogP contribution in [-0.2, 0) is 26.2 Å². The molecule has 0 radical (unpaired) electrons. The molecule has 3 rings (SSSR count). The number of nitrogens with zero attached hydrogens (tertiary/aromatic N) is 2. The summed E-state index contributed by atoms with van der Waals surface area (Å²) in [5.74, 6) is -0.149. The predicted molar refractivity (Wildman–Crippen MR) is 170 cm³/mol. The maximum Gasteiger partial charge on any atom is 0.264 e. The molecular weight excluding hydrogens is 613 g/mol. The van der Waals surface area contributed by atoms with Crippen LogP contribution in [0.1, 0.15) is 31.9 Å². The van der Waals surface area contributed by atoms with E-state index in [4.69, 9.17) is 32.7 Å². The summed E-state index contributed by atoms with van der Waals surface area (Å²) in [6.07, 6.45) is 0. The lowest BCUT2D eigenvalue weighted by molar-refractivity contribution is -0.139. The number of carbonyl (C=O) groups excluding carboxylic acids is 2. The van der Waals surface area contributed by atoms with E-state index in [9.17, 15) is 18.0 Å². The molecule has 2 amide bonds. The Labute approximate surface area is 263 Å². The van der Waals surface area contributed by atoms with Gasteiger partial charge in [-0.1, -0.05) is 60.8 Å². The number of methoxy groups -OCH3 is 2. The molecule has 0 bridgehead atoms. The molecule has 0 aliphatic carbocycles. The number of aryl methyl sites for hydroxylation is 1. The Morgan fingerprint density at radius 2 is 1.56 bits per heavy atom. The first kappa shape index (κ1) is 34.0. The van der Waals surface area contributed by atoms with Gasteiger partial charge in [-0.2, -0.15) is 0 Å². The first-order chi connectivity index (χ1) is 20.3. The molecular formula is C31H37Cl2N3O6S. The number of amides is 2. The van der Waals surface area contributed by atoms with Crippen molar-refractivity contribution in [3.05, 3.63) is 81.8 Å². The van der Waals surface area contributed by atoms with Crippen LogP contribution < -0.4 is 19.1 Å². The van der Waals surface area contributed by atoms with Crippen molar-refractivity contribution in [1.29, 1.82) is 0 Å². The van der Waals surface area contributed by atoms with Gasteiger partial charge >= 0.3 is 0 Å². The van der Waals surface area contributed by atoms with Crippen molar-refractivity contribution in [2.75, 3.05) is 31.6 Å². The standard InChI is InChI=1S/C31H37Cl2N3O6S/c1-20(2)17-34-31(38)22(4)35(18-23-9-10-24(32)15-27(23)33)30(37)19-36(25-11-14-28(41-5)29(16-25)42-6)43(39,40)26-12-7-21(3)8-13-26/h7-16,20,22H,17-19H2,1-6H3,(H,34,38)/t22-/m0/s1. The minimum atomic E-state index is -4.25. The normalized spacial score (nSPS) is 12.0. The maximum atomic E-state index is 14.1. The minimum Gasteiger partial charge on any atom is -0.493 e. The van der Waals surface area contributed by atoms with E-state index in [1.54, 1.807) is 43.3 Å². The third-order valence-electron chi connectivity index (χ3n) is 6.75. The molecule has 3 aromatic carbocycles. The third-order valence-corrected chi connectivity index (χ3v) is 9.13. The Kier molecular flexibility index (Phi) is 11.7. The lowest BCUT2D eigenvalue weighted by Crippen LogP contribution is -2.51. The highest BCUT2D eigenvalue weighted by molar-refractivity contribution is 7.92. The SMILES string of the molecule is COc1ccc(N(CC(=O)N(Cc2ccc(Cl)cc2Cl)[C@@H](C)C(=O)NCC(C)C)S(=O)(=O)c2ccc(C)cc2)cc1OC. The molecule has 3 aromatic rings. The molecule has 0 aromatic heterocycles. The van der Waals surface area contributed by atoms with Gasteiger partial charge in [0, 0.05) is 29.2 Å². The monoisotopic (exact) mass is 649 g/mol. The summed E-state index contributed by atoms with van der Waals surface area (Å²) in [7, 11) is -1.36. The van der Waals surface area contributed by atoms with Crippen LogP contribution in [0.4, 0.5) is 5.69 Å². The Morgan fingerprint density at radius 3 is 2.14 bits per heavy atom. The molecule has 0 saturated carbocycles. The van der Waals surface area contributed by atoms with Crippen molar-refractivity contribution < 1.29 is 27.5 Å². The second-order valence-electron chi connectivity index (χ2n) is 10.4. The van der Waals surface area contributed by atoms with Crippen molar-refractivity contribution in [1.82, 2.24) is 10.2 Å². The van der Waals surface area contributed by atoms with E-state index in [0.29, 0.717) is 27.9 Å². The highest BCUT2D eigenvalue weighted by Gasteiger charge is 2.33. The third kappa shape index (κ3) is 8.55. The van der Waals surface area contributed by atoms with Gasteiger partial charge in [-0.05, 0) is 61.7 Å². The van der Waals surface area contributed by atoms with E-state index < -0.39 is 28.5 Å². The lowest BCUT2D eigenvalue weighted by Gasteiger charge is -2.32. The first-order valence-corrected chi connectivity index (χ1v) is 15.8. The van der Waals surface area contributed by atoms with E-state index in [-0.39, 0.29) is 34.7 Å². The van der Waals surface area contributed by atoms with Gasteiger partial charge in [0.15, 0.2) is 11.5 Å². The summed E-state index contributed by atoms with van der Waals surface area (Å²) in [5, 5.41) is 3.58. The number of rotatable bonds is 13. The van der Waals surface area contributed by atoms with Crippen LogP contribution >= 0.6 is 23.2 Å². The molecule has 12 heteroatoms. The summed E-state index contributed by atoms with van der Waals surface area (Å²) in [6.45, 7) is 7.08. The van der Waals surface area contributed by atoms with Crippen LogP contribution in [0.25, 0.3) is 0 Å². The smallest absolute Gasteiger partial charge is 0.264 e. The fourth-order valence-electron chi connectivity index (χ4n) is 4.21. The topological polar surface area (TPSA) is 105 Å². The van der Waals surface area contributed by atoms with Crippen LogP contribution in [0.3, 0.4) is 0 Å². The van der Waals surface area contributed by atoms with Gasteiger partial charge in [-0.3, -0.25) is 13.9 Å². The molecule has 0 unspecified atom stereocenters. The Hall–Kier alpha value is -3.47. The number of nitrogens with one attached hydrogen (secondary N) is 1. The molecule has 0 heterocycles. The van der Waals surface area contributed by atoms with E-state index in [2.05, 4.69) is 5.32 Å². The number of hydrogen-bond donors (Lipinski definition) is 1. The Balaban J connectivity index is 2.09. The quantitative estimate of drug-likeness (QED) is 0.255. The second-order valence-corrected chi connectivity index (χ2v) is 13.1. The second kappa shape index (κ2) is 14.8. The van der Waals surface area contributed by atoms with Gasteiger partial charge in [-0.15, -0.1) is 0 Å². The summed E-state index contributed by atoms with van der Waals surface area (Å²) < 4.78 is 39.8. The molecule has 9 nitrogen and oxygen atoms in total. The van der Waals surface area contributed by atoms with Crippen LogP contribution in [0.5, 0.6) is 11.5 Å². The van der Waals surface area contributed by atoms with Gasteiger partial charge in [0.2, 0.25) is 11.8 Å². The van der Waals surface area contributed by atoms with Crippen molar-refractivity contribution in [3.63, 3.8) is 0 Å². The Bertz CT molecular complexity index is 1550. The number of halogens is 2. The van der Waals surface area contributed by atoms with Crippen molar-refractivity contribution in [2.45, 2.75) is 45.2 Å². The zero-order chi connectivity index (χ0) is 31.9. The number of ether oxygens (including phenoxy) is 2. The summed E-state index contributed by atoms with van der Waals surface area (Å²) >= 11 is 12.5. The van der Waals surface area contributed by atoms with Crippen LogP contribution in [0.2, 0.25) is 10.0 Å². The first-order valence-electron chi connectivity index (χ1n) is 13.6. The van der Waals surface area contributed by atoms with Crippen LogP contribution in [0.15, 0.2) is 65.6 Å². The van der Waals surface area contributed by atoms with E-state index in [0.717, 1.165) is 9.87 Å². The van der Waals surface area contributed by atoms with Crippen LogP contribution in [0, 0.1) is 12.8 Å². The molecule has 1 N–H and O–H groups in total. The van der Waals surface area contributed by atoms with Crippen LogP contribution in [-0.4, -0.2) is 58.5 Å². The van der Waals surface area contributed by atoms with E-state index in [1.807, 2.05) is 20.8 Å². The zero-order valence-electron chi connectivity index (χ0n) is 25.1. The zero-order valence-corrected chi connectivity index (χ0v) is 27.4. The largest absolute Gasteiger partial charge is 0.493 e. The highest BCUT2D eigenvalue weighted by Crippen LogP contribution is 2.34. The van der Waals surface area contributed by atoms with E-state index >= 15 is 0 Å². The van der Waals surface area contributed by atoms with Gasteiger partial charge in [0.05, 0.1) is 24.8 Å². The number of benzene rings is 3. The average Bonchev–Trinajstić information content (AvgIpc) is 2.97. The molecule has 43 heavy (non-hydrogen) atoms. The highest BCUT2D eigenvalue weighted by atomic mass is 35.5. The number of carbonyl (C=O) groups is 2. The van der Waals surface area contributed by atoms with Crippen molar-refractivity contribution in [2.24, 2.45) is 5.92 Å². The molecule has 0 fully saturated rings. The molecule has 0 spiro atoms. The van der Waals surface area contributed by atoms with Gasteiger partial charge in [0.1, 0.15) is 12.6 Å². The molecule has 0 aliphatic rings. The van der Waals surface area contributed by atoms with Crippen molar-refractivity contribution >= 4 is 50.7 Å². The molecule has 1 atom stereocenters. The molecule has 232 valence electrons. The Morgan fingerprint density at radius 1 is 0.907 bits per heavy atom. The summed E-state index contributed by atoms with van der Waals surface area (Å²) in [4.78, 5) is 28.6. The maximum absolute atomic E-state index is 14.1. The summed E-state index contributed by atoms with van der Waals surface area (Å²) in [5.41, 5.74) is 1.59. The van der Waals surface area contributed by atoms with Gasteiger partial charge in [0.25, 0.3) is 10.0 Å². The molecule has 0 aliphatic heterocycles. The summed E-state index contributed by atoms with van der Waals surface area (Å²) in [6, 6.07) is 14.8. The number of hydrogen-bond acceptors (Lipinski definition) is 6. The predicted octanol–water partition coefficient (Wildman–Crippen LogP) is 5.70. The number of sulfonamides is 1. The fraction of sp³-hybridized carbons (Fsp3) is 0.355. The molecule has 0 saturated heterocycles. The van der Waals surface area contributed by atoms with E-state index in [1.165, 1.54) is 43.4 Å². The van der Waals surface area contributed by atoms with Gasteiger partial charge < -0.3 is 19.7 Å². The fourth-order valence-corrected chi connectivity index (χ4v) is 6.09. The minimum absolute atomic E-state index is 0.00398.